The lowest BCUT2D eigenvalue weighted by molar-refractivity contribution is 0.519. The van der Waals surface area contributed by atoms with Crippen molar-refractivity contribution in [3.8, 4) is 0 Å². The highest BCUT2D eigenvalue weighted by Gasteiger charge is 2.02. The Balaban J connectivity index is 1.99. The highest BCUT2D eigenvalue weighted by atomic mass is 35.5. The molecule has 15 heavy (non-hydrogen) atoms. The van der Waals surface area contributed by atoms with Crippen LogP contribution < -0.4 is 5.32 Å². The molecule has 0 aliphatic carbocycles. The molecule has 80 valence electrons. The Morgan fingerprint density at radius 2 is 2.33 bits per heavy atom. The van der Waals surface area contributed by atoms with Gasteiger partial charge >= 0.3 is 0 Å². The molecule has 0 saturated heterocycles. The number of nitrogens with zero attached hydrogens (tertiary/aromatic N) is 2. The SMILES string of the molecule is Cc1cc(NCc2ccc(Cl)o2)nn1C. The Hall–Kier alpha value is -1.42. The molecule has 0 unspecified atom stereocenters. The number of aryl methyl sites for hydroxylation is 2. The molecule has 0 radical (unpaired) electrons. The van der Waals surface area contributed by atoms with Crippen molar-refractivity contribution < 1.29 is 4.42 Å². The molecule has 0 fully saturated rings. The number of rotatable bonds is 3. The summed E-state index contributed by atoms with van der Waals surface area (Å²) in [4.78, 5) is 0. The standard InChI is InChI=1S/C10H12ClN3O/c1-7-5-10(13-14(7)2)12-6-8-3-4-9(11)15-8/h3-5H,6H2,1-2H3,(H,12,13). The molecule has 2 heterocycles. The Labute approximate surface area is 92.8 Å². The molecule has 0 bridgehead atoms. The zero-order chi connectivity index (χ0) is 10.8. The fourth-order valence-corrected chi connectivity index (χ4v) is 1.43. The van der Waals surface area contributed by atoms with Crippen molar-refractivity contribution in [3.05, 3.63) is 34.9 Å². The van der Waals surface area contributed by atoms with Gasteiger partial charge in [0.15, 0.2) is 5.22 Å². The van der Waals surface area contributed by atoms with Gasteiger partial charge in [-0.1, -0.05) is 0 Å². The minimum absolute atomic E-state index is 0.406. The monoisotopic (exact) mass is 225 g/mol. The molecule has 1 N–H and O–H groups in total. The first kappa shape index (κ1) is 10.1. The lowest BCUT2D eigenvalue weighted by Crippen LogP contribution is -1.99. The van der Waals surface area contributed by atoms with Crippen molar-refractivity contribution >= 4 is 17.4 Å². The smallest absolute Gasteiger partial charge is 0.193 e. The zero-order valence-electron chi connectivity index (χ0n) is 8.62. The topological polar surface area (TPSA) is 43.0 Å². The summed E-state index contributed by atoms with van der Waals surface area (Å²) in [6.07, 6.45) is 0. The Morgan fingerprint density at radius 1 is 1.53 bits per heavy atom. The van der Waals surface area contributed by atoms with Gasteiger partial charge in [0.1, 0.15) is 11.6 Å². The molecule has 2 aromatic heterocycles. The number of hydrogen-bond acceptors (Lipinski definition) is 3. The van der Waals surface area contributed by atoms with E-state index < -0.39 is 0 Å². The Morgan fingerprint density at radius 3 is 2.87 bits per heavy atom. The molecule has 0 aliphatic heterocycles. The second-order valence-electron chi connectivity index (χ2n) is 3.35. The third-order valence-electron chi connectivity index (χ3n) is 2.19. The van der Waals surface area contributed by atoms with Gasteiger partial charge < -0.3 is 9.73 Å². The average Bonchev–Trinajstić information content (AvgIpc) is 2.72. The van der Waals surface area contributed by atoms with E-state index in [0.717, 1.165) is 17.3 Å². The van der Waals surface area contributed by atoms with E-state index >= 15 is 0 Å². The fourth-order valence-electron chi connectivity index (χ4n) is 1.27. The Kier molecular flexibility index (Phi) is 2.68. The molecule has 4 nitrogen and oxygen atoms in total. The number of anilines is 1. The van der Waals surface area contributed by atoms with E-state index in [4.69, 9.17) is 16.0 Å². The van der Waals surface area contributed by atoms with Crippen LogP contribution in [0.25, 0.3) is 0 Å². The van der Waals surface area contributed by atoms with Crippen LogP contribution in [0.2, 0.25) is 5.22 Å². The molecule has 0 atom stereocenters. The first-order valence-corrected chi connectivity index (χ1v) is 5.01. The molecule has 2 aromatic rings. The van der Waals surface area contributed by atoms with Crippen LogP contribution in [0.5, 0.6) is 0 Å². The van der Waals surface area contributed by atoms with E-state index in [-0.39, 0.29) is 0 Å². The minimum Gasteiger partial charge on any atom is -0.448 e. The van der Waals surface area contributed by atoms with Gasteiger partial charge in [-0.2, -0.15) is 5.10 Å². The Bertz CT molecular complexity index is 441. The van der Waals surface area contributed by atoms with Crippen LogP contribution in [0.4, 0.5) is 5.82 Å². The van der Waals surface area contributed by atoms with Gasteiger partial charge in [0.2, 0.25) is 0 Å². The van der Waals surface area contributed by atoms with Gasteiger partial charge in [0.05, 0.1) is 6.54 Å². The van der Waals surface area contributed by atoms with Gasteiger partial charge in [-0.25, -0.2) is 0 Å². The third-order valence-corrected chi connectivity index (χ3v) is 2.39. The maximum atomic E-state index is 5.66. The van der Waals surface area contributed by atoms with Crippen LogP contribution in [-0.2, 0) is 13.6 Å². The minimum atomic E-state index is 0.406. The van der Waals surface area contributed by atoms with E-state index in [0.29, 0.717) is 11.8 Å². The predicted molar refractivity (Wildman–Crippen MR) is 59.0 cm³/mol. The van der Waals surface area contributed by atoms with Crippen LogP contribution >= 0.6 is 11.6 Å². The molecular formula is C10H12ClN3O. The van der Waals surface area contributed by atoms with Crippen LogP contribution in [-0.4, -0.2) is 9.78 Å². The lowest BCUT2D eigenvalue weighted by Gasteiger charge is -1.98. The highest BCUT2D eigenvalue weighted by molar-refractivity contribution is 6.28. The summed E-state index contributed by atoms with van der Waals surface area (Å²) in [6.45, 7) is 2.59. The summed E-state index contributed by atoms with van der Waals surface area (Å²) in [6, 6.07) is 5.54. The molecule has 0 amide bonds. The van der Waals surface area contributed by atoms with Gasteiger partial charge in [-0.05, 0) is 30.7 Å². The summed E-state index contributed by atoms with van der Waals surface area (Å²) < 4.78 is 7.03. The van der Waals surface area contributed by atoms with Crippen molar-refractivity contribution in [1.29, 1.82) is 0 Å². The summed E-state index contributed by atoms with van der Waals surface area (Å²) in [5, 5.41) is 7.82. The molecule has 5 heteroatoms. The van der Waals surface area contributed by atoms with Gasteiger partial charge in [0, 0.05) is 18.8 Å². The number of nitrogens with one attached hydrogen (secondary N) is 1. The van der Waals surface area contributed by atoms with E-state index in [9.17, 15) is 0 Å². The zero-order valence-corrected chi connectivity index (χ0v) is 9.38. The lowest BCUT2D eigenvalue weighted by atomic mass is 10.4. The van der Waals surface area contributed by atoms with Gasteiger partial charge in [-0.3, -0.25) is 4.68 Å². The average molecular weight is 226 g/mol. The molecule has 0 aliphatic rings. The fraction of sp³-hybridized carbons (Fsp3) is 0.300. The third kappa shape index (κ3) is 2.33. The van der Waals surface area contributed by atoms with Gasteiger partial charge in [-0.15, -0.1) is 0 Å². The number of aromatic nitrogens is 2. The predicted octanol–water partition coefficient (Wildman–Crippen LogP) is 2.59. The van der Waals surface area contributed by atoms with E-state index in [1.807, 2.05) is 30.8 Å². The first-order chi connectivity index (χ1) is 7.15. The summed E-state index contributed by atoms with van der Waals surface area (Å²) in [7, 11) is 1.91. The molecule has 0 aromatic carbocycles. The second-order valence-corrected chi connectivity index (χ2v) is 3.73. The number of furan rings is 1. The van der Waals surface area contributed by atoms with Crippen molar-refractivity contribution in [2.24, 2.45) is 7.05 Å². The second kappa shape index (κ2) is 3.98. The molecule has 0 saturated carbocycles. The van der Waals surface area contributed by atoms with Crippen molar-refractivity contribution in [1.82, 2.24) is 9.78 Å². The van der Waals surface area contributed by atoms with Crippen LogP contribution in [0.1, 0.15) is 11.5 Å². The van der Waals surface area contributed by atoms with Crippen molar-refractivity contribution in [3.63, 3.8) is 0 Å². The summed E-state index contributed by atoms with van der Waals surface area (Å²) in [5.41, 5.74) is 1.11. The normalized spacial score (nSPS) is 10.6. The van der Waals surface area contributed by atoms with Crippen molar-refractivity contribution in [2.45, 2.75) is 13.5 Å². The van der Waals surface area contributed by atoms with E-state index in [1.54, 1.807) is 6.07 Å². The molecule has 2 rings (SSSR count). The summed E-state index contributed by atoms with van der Waals surface area (Å²) >= 11 is 5.66. The molecular weight excluding hydrogens is 214 g/mol. The van der Waals surface area contributed by atoms with Crippen molar-refractivity contribution in [2.75, 3.05) is 5.32 Å². The molecule has 0 spiro atoms. The van der Waals surface area contributed by atoms with E-state index in [1.165, 1.54) is 0 Å². The maximum absolute atomic E-state index is 5.66. The van der Waals surface area contributed by atoms with Gasteiger partial charge in [0.25, 0.3) is 0 Å². The van der Waals surface area contributed by atoms with E-state index in [2.05, 4.69) is 10.4 Å². The maximum Gasteiger partial charge on any atom is 0.193 e. The first-order valence-electron chi connectivity index (χ1n) is 4.64. The summed E-state index contributed by atoms with van der Waals surface area (Å²) in [5.74, 6) is 1.63. The van der Waals surface area contributed by atoms with Crippen LogP contribution in [0.3, 0.4) is 0 Å². The number of halogens is 1. The number of hydrogen-bond donors (Lipinski definition) is 1. The van der Waals surface area contributed by atoms with Crippen LogP contribution in [0, 0.1) is 6.92 Å². The largest absolute Gasteiger partial charge is 0.448 e. The van der Waals surface area contributed by atoms with Crippen LogP contribution in [0.15, 0.2) is 22.6 Å². The quantitative estimate of drug-likeness (QED) is 0.873. The highest BCUT2D eigenvalue weighted by Crippen LogP contribution is 2.14.